The molecule has 2 N–H and O–H groups in total. The average Bonchev–Trinajstić information content (AvgIpc) is 2.59. The van der Waals surface area contributed by atoms with E-state index in [1.54, 1.807) is 7.11 Å². The van der Waals surface area contributed by atoms with E-state index < -0.39 is 0 Å². The molecular formula is C17H15N3O2S. The Morgan fingerprint density at radius 3 is 2.65 bits per heavy atom. The van der Waals surface area contributed by atoms with Crippen molar-refractivity contribution < 1.29 is 9.53 Å². The number of nitrogens with zero attached hydrogens (tertiary/aromatic N) is 2. The lowest BCUT2D eigenvalue weighted by molar-refractivity contribution is -0.115. The Morgan fingerprint density at radius 2 is 1.96 bits per heavy atom. The Balaban J connectivity index is 2.15. The maximum absolute atomic E-state index is 11.1. The van der Waals surface area contributed by atoms with Crippen LogP contribution in [0.4, 0.5) is 0 Å². The largest absolute Gasteiger partial charge is 0.497 e. The Hall–Kier alpha value is -2.60. The third-order valence-electron chi connectivity index (χ3n) is 3.25. The molecule has 0 aliphatic carbocycles. The maximum atomic E-state index is 11.1. The van der Waals surface area contributed by atoms with Gasteiger partial charge in [-0.15, -0.1) is 0 Å². The van der Waals surface area contributed by atoms with E-state index in [0.29, 0.717) is 10.9 Å². The SMILES string of the molecule is COc1ccc2nc(-c3ccccc3)nc(SCC(N)=O)c2c1. The molecule has 3 rings (SSSR count). The van der Waals surface area contributed by atoms with Crippen molar-refractivity contribution in [3.05, 3.63) is 48.5 Å². The topological polar surface area (TPSA) is 78.1 Å². The summed E-state index contributed by atoms with van der Waals surface area (Å²) in [6.45, 7) is 0. The monoisotopic (exact) mass is 325 g/mol. The molecule has 0 saturated heterocycles. The van der Waals surface area contributed by atoms with Crippen LogP contribution in [0.1, 0.15) is 0 Å². The Kier molecular flexibility index (Phi) is 4.43. The number of hydrogen-bond acceptors (Lipinski definition) is 5. The summed E-state index contributed by atoms with van der Waals surface area (Å²) in [5, 5.41) is 1.56. The number of ether oxygens (including phenoxy) is 1. The van der Waals surface area contributed by atoms with Gasteiger partial charge in [0.15, 0.2) is 5.82 Å². The van der Waals surface area contributed by atoms with Crippen LogP contribution in [0.3, 0.4) is 0 Å². The molecule has 23 heavy (non-hydrogen) atoms. The highest BCUT2D eigenvalue weighted by atomic mass is 32.2. The van der Waals surface area contributed by atoms with E-state index in [1.807, 2.05) is 48.5 Å². The summed E-state index contributed by atoms with van der Waals surface area (Å²) in [6.07, 6.45) is 0. The first-order valence-electron chi connectivity index (χ1n) is 6.99. The number of carbonyl (C=O) groups excluding carboxylic acids is 1. The minimum atomic E-state index is -0.383. The van der Waals surface area contributed by atoms with Gasteiger partial charge in [-0.25, -0.2) is 9.97 Å². The molecule has 1 aromatic heterocycles. The predicted octanol–water partition coefficient (Wildman–Crippen LogP) is 2.88. The van der Waals surface area contributed by atoms with Crippen LogP contribution < -0.4 is 10.5 Å². The molecule has 0 bridgehead atoms. The fraction of sp³-hybridized carbons (Fsp3) is 0.118. The molecule has 0 aliphatic rings. The average molecular weight is 325 g/mol. The molecule has 5 nitrogen and oxygen atoms in total. The van der Waals surface area contributed by atoms with Gasteiger partial charge in [0.25, 0.3) is 0 Å². The van der Waals surface area contributed by atoms with Gasteiger partial charge in [0.1, 0.15) is 10.8 Å². The van der Waals surface area contributed by atoms with Crippen molar-refractivity contribution in [1.82, 2.24) is 9.97 Å². The molecular weight excluding hydrogens is 310 g/mol. The van der Waals surface area contributed by atoms with E-state index in [9.17, 15) is 4.79 Å². The summed E-state index contributed by atoms with van der Waals surface area (Å²) < 4.78 is 5.26. The third kappa shape index (κ3) is 3.43. The minimum absolute atomic E-state index is 0.164. The molecule has 0 unspecified atom stereocenters. The molecule has 3 aromatic rings. The molecule has 0 fully saturated rings. The van der Waals surface area contributed by atoms with Crippen molar-refractivity contribution in [2.24, 2.45) is 5.73 Å². The van der Waals surface area contributed by atoms with Gasteiger partial charge in [0.2, 0.25) is 5.91 Å². The van der Waals surface area contributed by atoms with Crippen molar-refractivity contribution in [2.75, 3.05) is 12.9 Å². The van der Waals surface area contributed by atoms with Crippen molar-refractivity contribution in [3.8, 4) is 17.1 Å². The first-order valence-corrected chi connectivity index (χ1v) is 7.98. The van der Waals surface area contributed by atoms with E-state index in [1.165, 1.54) is 11.8 Å². The number of carbonyl (C=O) groups is 1. The lowest BCUT2D eigenvalue weighted by atomic mass is 10.2. The van der Waals surface area contributed by atoms with E-state index in [2.05, 4.69) is 9.97 Å². The second-order valence-corrected chi connectivity index (χ2v) is 5.82. The summed E-state index contributed by atoms with van der Waals surface area (Å²) in [7, 11) is 1.61. The maximum Gasteiger partial charge on any atom is 0.227 e. The highest BCUT2D eigenvalue weighted by Crippen LogP contribution is 2.30. The first-order chi connectivity index (χ1) is 11.2. The number of aromatic nitrogens is 2. The van der Waals surface area contributed by atoms with E-state index in [0.717, 1.165) is 22.2 Å². The fourth-order valence-electron chi connectivity index (χ4n) is 2.17. The van der Waals surface area contributed by atoms with Crippen LogP contribution in [-0.2, 0) is 4.79 Å². The van der Waals surface area contributed by atoms with Gasteiger partial charge >= 0.3 is 0 Å². The van der Waals surface area contributed by atoms with E-state index in [4.69, 9.17) is 10.5 Å². The lowest BCUT2D eigenvalue weighted by Gasteiger charge is -2.09. The van der Waals surface area contributed by atoms with Crippen molar-refractivity contribution in [3.63, 3.8) is 0 Å². The lowest BCUT2D eigenvalue weighted by Crippen LogP contribution is -2.13. The van der Waals surface area contributed by atoms with Gasteiger partial charge in [0, 0.05) is 10.9 Å². The van der Waals surface area contributed by atoms with Crippen LogP contribution in [-0.4, -0.2) is 28.7 Å². The Bertz CT molecular complexity index is 853. The molecule has 6 heteroatoms. The number of nitrogens with two attached hydrogens (primary N) is 1. The number of benzene rings is 2. The number of thioether (sulfide) groups is 1. The molecule has 116 valence electrons. The molecule has 1 heterocycles. The normalized spacial score (nSPS) is 10.7. The number of fused-ring (bicyclic) bond motifs is 1. The van der Waals surface area contributed by atoms with Crippen LogP contribution in [0.5, 0.6) is 5.75 Å². The third-order valence-corrected chi connectivity index (χ3v) is 4.26. The molecule has 2 aromatic carbocycles. The minimum Gasteiger partial charge on any atom is -0.497 e. The second kappa shape index (κ2) is 6.66. The highest BCUT2D eigenvalue weighted by molar-refractivity contribution is 8.00. The number of rotatable bonds is 5. The molecule has 0 saturated carbocycles. The highest BCUT2D eigenvalue weighted by Gasteiger charge is 2.12. The van der Waals surface area contributed by atoms with Gasteiger partial charge in [-0.2, -0.15) is 0 Å². The van der Waals surface area contributed by atoms with Crippen LogP contribution >= 0.6 is 11.8 Å². The molecule has 0 atom stereocenters. The van der Waals surface area contributed by atoms with Crippen molar-refractivity contribution >= 4 is 28.6 Å². The van der Waals surface area contributed by atoms with Crippen molar-refractivity contribution in [2.45, 2.75) is 5.03 Å². The van der Waals surface area contributed by atoms with E-state index >= 15 is 0 Å². The zero-order valence-electron chi connectivity index (χ0n) is 12.5. The van der Waals surface area contributed by atoms with Gasteiger partial charge in [-0.05, 0) is 18.2 Å². The van der Waals surface area contributed by atoms with Crippen LogP contribution in [0.25, 0.3) is 22.3 Å². The van der Waals surface area contributed by atoms with Gasteiger partial charge in [-0.3, -0.25) is 4.79 Å². The van der Waals surface area contributed by atoms with Gasteiger partial charge in [0.05, 0.1) is 18.4 Å². The smallest absolute Gasteiger partial charge is 0.227 e. The molecule has 0 aliphatic heterocycles. The molecule has 1 amide bonds. The van der Waals surface area contributed by atoms with E-state index in [-0.39, 0.29) is 11.7 Å². The zero-order valence-corrected chi connectivity index (χ0v) is 13.3. The second-order valence-electron chi connectivity index (χ2n) is 4.86. The van der Waals surface area contributed by atoms with Gasteiger partial charge in [-0.1, -0.05) is 42.1 Å². The van der Waals surface area contributed by atoms with Crippen LogP contribution in [0, 0.1) is 0 Å². The molecule has 0 spiro atoms. The van der Waals surface area contributed by atoms with Crippen LogP contribution in [0.2, 0.25) is 0 Å². The number of hydrogen-bond donors (Lipinski definition) is 1. The summed E-state index contributed by atoms with van der Waals surface area (Å²) in [5.74, 6) is 1.12. The summed E-state index contributed by atoms with van der Waals surface area (Å²) in [4.78, 5) is 20.3. The Morgan fingerprint density at radius 1 is 1.17 bits per heavy atom. The number of amides is 1. The number of primary amides is 1. The summed E-state index contributed by atoms with van der Waals surface area (Å²) in [5.41, 5.74) is 6.98. The van der Waals surface area contributed by atoms with Crippen LogP contribution in [0.15, 0.2) is 53.6 Å². The first kappa shape index (κ1) is 15.3. The quantitative estimate of drug-likeness (QED) is 0.576. The van der Waals surface area contributed by atoms with Gasteiger partial charge < -0.3 is 10.5 Å². The summed E-state index contributed by atoms with van der Waals surface area (Å²) >= 11 is 1.30. The molecule has 0 radical (unpaired) electrons. The zero-order chi connectivity index (χ0) is 16.2. The Labute approximate surface area is 137 Å². The number of methoxy groups -OCH3 is 1. The fourth-order valence-corrected chi connectivity index (χ4v) is 2.92. The standard InChI is InChI=1S/C17H15N3O2S/c1-22-12-7-8-14-13(9-12)17(23-10-15(18)21)20-16(19-14)11-5-3-2-4-6-11/h2-9H,10H2,1H3,(H2,18,21). The van der Waals surface area contributed by atoms with Crippen molar-refractivity contribution in [1.29, 1.82) is 0 Å². The predicted molar refractivity (Wildman–Crippen MR) is 91.4 cm³/mol. The summed E-state index contributed by atoms with van der Waals surface area (Å²) in [6, 6.07) is 15.3.